The Morgan fingerprint density at radius 1 is 1.12 bits per heavy atom. The Hall–Kier alpha value is -3.09. The lowest BCUT2D eigenvalue weighted by Gasteiger charge is -2.14. The van der Waals surface area contributed by atoms with Gasteiger partial charge in [-0.3, -0.25) is 4.79 Å². The van der Waals surface area contributed by atoms with E-state index in [-0.39, 0.29) is 17.7 Å². The minimum Gasteiger partial charge on any atom is -0.496 e. The van der Waals surface area contributed by atoms with E-state index >= 15 is 0 Å². The molecule has 0 aliphatic heterocycles. The van der Waals surface area contributed by atoms with Gasteiger partial charge in [0.1, 0.15) is 17.1 Å². The van der Waals surface area contributed by atoms with Gasteiger partial charge in [-0.05, 0) is 35.9 Å². The molecule has 0 heterocycles. The highest BCUT2D eigenvalue weighted by Gasteiger charge is 2.15. The van der Waals surface area contributed by atoms with Crippen molar-refractivity contribution >= 4 is 17.6 Å². The van der Waals surface area contributed by atoms with Crippen LogP contribution in [-0.2, 0) is 11.3 Å². The van der Waals surface area contributed by atoms with Crippen molar-refractivity contribution in [2.45, 2.75) is 6.54 Å². The molecule has 0 atom stereocenters. The molecule has 0 unspecified atom stereocenters. The number of hydrogen-bond donors (Lipinski definition) is 1. The van der Waals surface area contributed by atoms with Crippen molar-refractivity contribution in [2.24, 2.45) is 0 Å². The van der Waals surface area contributed by atoms with Crippen molar-refractivity contribution in [1.82, 2.24) is 5.32 Å². The monoisotopic (exact) mass is 360 g/mol. The van der Waals surface area contributed by atoms with Gasteiger partial charge in [0.05, 0.1) is 19.9 Å². The number of benzene rings is 2. The molecule has 6 nitrogen and oxygen atoms in total. The lowest BCUT2D eigenvalue weighted by Crippen LogP contribution is -2.23. The molecular weight excluding hydrogens is 339 g/mol. The zero-order chi connectivity index (χ0) is 19.3. The fraction of sp³-hybridized carbons (Fsp3) is 0.263. The summed E-state index contributed by atoms with van der Waals surface area (Å²) in [7, 11) is 6.18. The average molecular weight is 360 g/mol. The number of nitrogens with one attached hydrogen (secondary N) is 1. The Morgan fingerprint density at radius 3 is 2.42 bits per heavy atom. The molecule has 0 aromatic heterocycles. The van der Waals surface area contributed by atoms with Crippen LogP contribution in [0.25, 0.3) is 0 Å². The Kier molecular flexibility index (Phi) is 6.16. The van der Waals surface area contributed by atoms with Gasteiger partial charge in [0.25, 0.3) is 5.91 Å². The minimum atomic E-state index is -0.531. The molecule has 0 radical (unpaired) electrons. The van der Waals surface area contributed by atoms with Crippen LogP contribution in [0, 0.1) is 5.82 Å². The third kappa shape index (κ3) is 4.30. The first-order valence-corrected chi connectivity index (χ1v) is 7.87. The summed E-state index contributed by atoms with van der Waals surface area (Å²) in [6, 6.07) is 9.23. The zero-order valence-corrected chi connectivity index (χ0v) is 15.1. The summed E-state index contributed by atoms with van der Waals surface area (Å²) in [5, 5.41) is 2.70. The van der Waals surface area contributed by atoms with E-state index in [1.54, 1.807) is 49.3 Å². The Bertz CT molecular complexity index is 821. The second kappa shape index (κ2) is 8.33. The zero-order valence-electron chi connectivity index (χ0n) is 15.1. The van der Waals surface area contributed by atoms with Crippen LogP contribution < -0.4 is 15.0 Å². The average Bonchev–Trinajstić information content (AvgIpc) is 2.64. The van der Waals surface area contributed by atoms with E-state index in [0.29, 0.717) is 17.0 Å². The molecule has 0 saturated heterocycles. The molecule has 7 heteroatoms. The lowest BCUT2D eigenvalue weighted by molar-refractivity contribution is 0.0597. The van der Waals surface area contributed by atoms with Gasteiger partial charge in [-0.1, -0.05) is 6.07 Å². The molecule has 0 saturated carbocycles. The number of nitrogens with zero attached hydrogens (tertiary/aromatic N) is 1. The number of amides is 1. The standard InChI is InChI=1S/C19H21FN2O4/c1-22(2)16-7-6-13(10-15(16)20)18(23)21-11-12-5-8-17(25-3)14(9-12)19(24)26-4/h5-10H,11H2,1-4H3,(H,21,23). The predicted octanol–water partition coefficient (Wildman–Crippen LogP) is 2.62. The summed E-state index contributed by atoms with van der Waals surface area (Å²) < 4.78 is 23.9. The molecule has 1 N–H and O–H groups in total. The Labute approximate surface area is 151 Å². The van der Waals surface area contributed by atoms with Crippen LogP contribution in [-0.4, -0.2) is 40.2 Å². The van der Waals surface area contributed by atoms with Gasteiger partial charge >= 0.3 is 5.97 Å². The molecule has 0 aliphatic rings. The second-order valence-electron chi connectivity index (χ2n) is 5.77. The molecule has 0 spiro atoms. The van der Waals surface area contributed by atoms with Gasteiger partial charge in [-0.2, -0.15) is 0 Å². The fourth-order valence-electron chi connectivity index (χ4n) is 2.43. The first-order valence-electron chi connectivity index (χ1n) is 7.87. The highest BCUT2D eigenvalue weighted by Crippen LogP contribution is 2.21. The minimum absolute atomic E-state index is 0.171. The highest BCUT2D eigenvalue weighted by molar-refractivity contribution is 5.95. The first-order chi connectivity index (χ1) is 12.4. The van der Waals surface area contributed by atoms with Crippen LogP contribution in [0.4, 0.5) is 10.1 Å². The molecule has 0 bridgehead atoms. The normalized spacial score (nSPS) is 10.2. The molecule has 2 aromatic carbocycles. The largest absolute Gasteiger partial charge is 0.496 e. The van der Waals surface area contributed by atoms with Gasteiger partial charge < -0.3 is 19.7 Å². The molecule has 1 amide bonds. The van der Waals surface area contributed by atoms with E-state index in [2.05, 4.69) is 5.32 Å². The lowest BCUT2D eigenvalue weighted by atomic mass is 10.1. The van der Waals surface area contributed by atoms with Crippen LogP contribution in [0.1, 0.15) is 26.3 Å². The smallest absolute Gasteiger partial charge is 0.341 e. The van der Waals surface area contributed by atoms with E-state index in [0.717, 1.165) is 0 Å². The summed E-state index contributed by atoms with van der Waals surface area (Å²) in [5.41, 5.74) is 1.57. The maximum Gasteiger partial charge on any atom is 0.341 e. The van der Waals surface area contributed by atoms with Crippen molar-refractivity contribution in [3.05, 3.63) is 58.9 Å². The van der Waals surface area contributed by atoms with E-state index < -0.39 is 17.7 Å². The Balaban J connectivity index is 2.12. The summed E-state index contributed by atoms with van der Waals surface area (Å²) in [4.78, 5) is 25.7. The number of methoxy groups -OCH3 is 2. The fourth-order valence-corrected chi connectivity index (χ4v) is 2.43. The number of carbonyl (C=O) groups excluding carboxylic acids is 2. The number of anilines is 1. The van der Waals surface area contributed by atoms with Crippen molar-refractivity contribution in [3.8, 4) is 5.75 Å². The maximum atomic E-state index is 14.0. The molecule has 2 aromatic rings. The van der Waals surface area contributed by atoms with Crippen molar-refractivity contribution in [2.75, 3.05) is 33.2 Å². The molecule has 0 aliphatic carbocycles. The van der Waals surface area contributed by atoms with Crippen LogP contribution in [0.5, 0.6) is 5.75 Å². The highest BCUT2D eigenvalue weighted by atomic mass is 19.1. The maximum absolute atomic E-state index is 14.0. The van der Waals surface area contributed by atoms with Crippen molar-refractivity contribution < 1.29 is 23.5 Å². The van der Waals surface area contributed by atoms with E-state index in [1.807, 2.05) is 0 Å². The molecular formula is C19H21FN2O4. The number of hydrogen-bond acceptors (Lipinski definition) is 5. The van der Waals surface area contributed by atoms with Crippen molar-refractivity contribution in [3.63, 3.8) is 0 Å². The topological polar surface area (TPSA) is 67.9 Å². The first kappa shape index (κ1) is 19.2. The van der Waals surface area contributed by atoms with Crippen LogP contribution in [0.15, 0.2) is 36.4 Å². The van der Waals surface area contributed by atoms with E-state index in [1.165, 1.54) is 20.3 Å². The van der Waals surface area contributed by atoms with Gasteiger partial charge in [0.15, 0.2) is 0 Å². The molecule has 138 valence electrons. The number of halogens is 1. The number of rotatable bonds is 6. The summed E-state index contributed by atoms with van der Waals surface area (Å²) in [6.07, 6.45) is 0. The third-order valence-electron chi connectivity index (χ3n) is 3.81. The van der Waals surface area contributed by atoms with Gasteiger partial charge in [0, 0.05) is 26.2 Å². The molecule has 2 rings (SSSR count). The number of ether oxygens (including phenoxy) is 2. The molecule has 0 fully saturated rings. The van der Waals surface area contributed by atoms with Gasteiger partial charge in [-0.15, -0.1) is 0 Å². The number of esters is 1. The summed E-state index contributed by atoms with van der Waals surface area (Å²) in [5.74, 6) is -1.03. The van der Waals surface area contributed by atoms with E-state index in [9.17, 15) is 14.0 Å². The quantitative estimate of drug-likeness (QED) is 0.802. The SMILES string of the molecule is COC(=O)c1cc(CNC(=O)c2ccc(N(C)C)c(F)c2)ccc1OC. The van der Waals surface area contributed by atoms with Gasteiger partial charge in [0.2, 0.25) is 0 Å². The van der Waals surface area contributed by atoms with Crippen LogP contribution in [0.3, 0.4) is 0 Å². The third-order valence-corrected chi connectivity index (χ3v) is 3.81. The van der Waals surface area contributed by atoms with Gasteiger partial charge in [-0.25, -0.2) is 9.18 Å². The van der Waals surface area contributed by atoms with E-state index in [4.69, 9.17) is 9.47 Å². The van der Waals surface area contributed by atoms with Crippen molar-refractivity contribution in [1.29, 1.82) is 0 Å². The Morgan fingerprint density at radius 2 is 1.85 bits per heavy atom. The summed E-state index contributed by atoms with van der Waals surface area (Å²) >= 11 is 0. The summed E-state index contributed by atoms with van der Waals surface area (Å²) in [6.45, 7) is 0.171. The van der Waals surface area contributed by atoms with Crippen LogP contribution in [0.2, 0.25) is 0 Å². The number of carbonyl (C=O) groups is 2. The predicted molar refractivity (Wildman–Crippen MR) is 96.2 cm³/mol. The van der Waals surface area contributed by atoms with Crippen LogP contribution >= 0.6 is 0 Å². The second-order valence-corrected chi connectivity index (χ2v) is 5.77. The molecule has 26 heavy (non-hydrogen) atoms.